The highest BCUT2D eigenvalue weighted by atomic mass is 16.5. The van der Waals surface area contributed by atoms with Crippen molar-refractivity contribution in [3.63, 3.8) is 0 Å². The van der Waals surface area contributed by atoms with E-state index in [4.69, 9.17) is 4.74 Å². The van der Waals surface area contributed by atoms with Crippen LogP contribution in [0.3, 0.4) is 0 Å². The summed E-state index contributed by atoms with van der Waals surface area (Å²) < 4.78 is 4.74. The molecule has 2 amide bonds. The van der Waals surface area contributed by atoms with Crippen molar-refractivity contribution in [3.8, 4) is 33.6 Å². The van der Waals surface area contributed by atoms with Gasteiger partial charge in [0.05, 0.1) is 43.0 Å². The van der Waals surface area contributed by atoms with E-state index in [2.05, 4.69) is 79.1 Å². The minimum absolute atomic E-state index is 0.0767. The molecule has 4 aromatic rings. The summed E-state index contributed by atoms with van der Waals surface area (Å²) in [6.45, 7) is 5.50. The van der Waals surface area contributed by atoms with Gasteiger partial charge in [0.15, 0.2) is 0 Å². The van der Waals surface area contributed by atoms with Crippen LogP contribution in [0, 0.1) is 5.92 Å². The maximum atomic E-state index is 13.4. The number of imidazole rings is 2. The summed E-state index contributed by atoms with van der Waals surface area (Å²) in [4.78, 5) is 43.3. The van der Waals surface area contributed by atoms with Crippen LogP contribution in [-0.2, 0) is 9.53 Å². The molecule has 43 heavy (non-hydrogen) atoms. The van der Waals surface area contributed by atoms with Gasteiger partial charge in [-0.3, -0.25) is 4.79 Å². The van der Waals surface area contributed by atoms with Gasteiger partial charge in [0.2, 0.25) is 5.91 Å². The Morgan fingerprint density at radius 2 is 1.44 bits per heavy atom. The number of amides is 2. The topological polar surface area (TPSA) is 128 Å². The number of likely N-dealkylation sites (tertiary alicyclic amines) is 1. The quantitative estimate of drug-likeness (QED) is 0.214. The summed E-state index contributed by atoms with van der Waals surface area (Å²) >= 11 is 0. The van der Waals surface area contributed by atoms with Crippen molar-refractivity contribution in [1.29, 1.82) is 0 Å². The Morgan fingerprint density at radius 3 is 2.00 bits per heavy atom. The summed E-state index contributed by atoms with van der Waals surface area (Å²) in [5.41, 5.74) is 6.33. The number of aromatic nitrogens is 4. The molecule has 0 saturated carbocycles. The van der Waals surface area contributed by atoms with E-state index >= 15 is 0 Å². The van der Waals surface area contributed by atoms with Crippen LogP contribution in [0.2, 0.25) is 0 Å². The standard InChI is InChI=1S/C33H39N7O3/c1-20(2)29(39-33(42)43-3)32(41)40-17-5-7-28(40)31-36-19-27(38-31)24-14-10-22(11-15-24)21-8-12-23(13-9-21)26-18-35-30(37-26)25-6-4-16-34-25/h8-15,18-20,25,28-29,34H,4-7,16-17H2,1-3H3,(H,35,37)(H,36,38)(H,39,42)/t25-,28+,29?/m0/s1. The number of nitrogens with zero attached hydrogens (tertiary/aromatic N) is 3. The highest BCUT2D eigenvalue weighted by Crippen LogP contribution is 2.33. The fourth-order valence-corrected chi connectivity index (χ4v) is 6.11. The molecule has 2 aliphatic rings. The van der Waals surface area contributed by atoms with Crippen LogP contribution in [0.15, 0.2) is 60.9 Å². The summed E-state index contributed by atoms with van der Waals surface area (Å²) in [6, 6.07) is 16.4. The summed E-state index contributed by atoms with van der Waals surface area (Å²) in [5, 5.41) is 6.19. The average Bonchev–Trinajstić information content (AvgIpc) is 3.86. The van der Waals surface area contributed by atoms with Gasteiger partial charge in [-0.1, -0.05) is 62.4 Å². The Labute approximate surface area is 251 Å². The molecular formula is C33H39N7O3. The van der Waals surface area contributed by atoms with E-state index in [1.54, 1.807) is 0 Å². The maximum absolute atomic E-state index is 13.4. The van der Waals surface area contributed by atoms with Crippen molar-refractivity contribution < 1.29 is 14.3 Å². The molecule has 2 saturated heterocycles. The molecule has 0 aliphatic carbocycles. The van der Waals surface area contributed by atoms with E-state index in [1.807, 2.05) is 31.1 Å². The molecule has 2 aromatic carbocycles. The number of alkyl carbamates (subject to hydrolysis) is 1. The molecule has 0 radical (unpaired) electrons. The van der Waals surface area contributed by atoms with Gasteiger partial charge in [0, 0.05) is 6.54 Å². The van der Waals surface area contributed by atoms with Crippen molar-refractivity contribution in [2.24, 2.45) is 5.92 Å². The summed E-state index contributed by atoms with van der Waals surface area (Å²) in [7, 11) is 1.30. The van der Waals surface area contributed by atoms with E-state index in [1.165, 1.54) is 13.5 Å². The molecule has 6 rings (SSSR count). The molecule has 224 valence electrons. The number of carbonyl (C=O) groups excluding carboxylic acids is 2. The first-order chi connectivity index (χ1) is 20.9. The van der Waals surface area contributed by atoms with E-state index in [0.717, 1.165) is 71.1 Å². The molecule has 4 N–H and O–H groups in total. The smallest absolute Gasteiger partial charge is 0.407 e. The van der Waals surface area contributed by atoms with Crippen LogP contribution in [-0.4, -0.2) is 63.1 Å². The number of aromatic amines is 2. The largest absolute Gasteiger partial charge is 0.453 e. The van der Waals surface area contributed by atoms with Crippen molar-refractivity contribution in [1.82, 2.24) is 35.5 Å². The molecule has 3 atom stereocenters. The lowest BCUT2D eigenvalue weighted by Crippen LogP contribution is -2.51. The molecular weight excluding hydrogens is 542 g/mol. The molecule has 1 unspecified atom stereocenters. The molecule has 2 aromatic heterocycles. The van der Waals surface area contributed by atoms with Crippen LogP contribution in [0.1, 0.15) is 63.3 Å². The molecule has 2 aliphatic heterocycles. The highest BCUT2D eigenvalue weighted by molar-refractivity contribution is 5.86. The third kappa shape index (κ3) is 6.06. The number of hydrogen-bond donors (Lipinski definition) is 4. The molecule has 10 nitrogen and oxygen atoms in total. The Balaban J connectivity index is 1.13. The van der Waals surface area contributed by atoms with Gasteiger partial charge in [0.1, 0.15) is 17.7 Å². The summed E-state index contributed by atoms with van der Waals surface area (Å²) in [6.07, 6.45) is 7.14. The molecule has 10 heteroatoms. The second-order valence-electron chi connectivity index (χ2n) is 11.7. The predicted molar refractivity (Wildman–Crippen MR) is 165 cm³/mol. The molecule has 0 bridgehead atoms. The van der Waals surface area contributed by atoms with Crippen LogP contribution in [0.5, 0.6) is 0 Å². The molecule has 4 heterocycles. The zero-order chi connectivity index (χ0) is 29.9. The third-order valence-electron chi connectivity index (χ3n) is 8.55. The minimum Gasteiger partial charge on any atom is -0.453 e. The van der Waals surface area contributed by atoms with Crippen LogP contribution in [0.25, 0.3) is 33.6 Å². The highest BCUT2D eigenvalue weighted by Gasteiger charge is 2.37. The van der Waals surface area contributed by atoms with Crippen LogP contribution < -0.4 is 10.6 Å². The van der Waals surface area contributed by atoms with Crippen LogP contribution >= 0.6 is 0 Å². The van der Waals surface area contributed by atoms with Crippen molar-refractivity contribution in [2.75, 3.05) is 20.2 Å². The first-order valence-electron chi connectivity index (χ1n) is 15.1. The zero-order valence-corrected chi connectivity index (χ0v) is 24.9. The number of rotatable bonds is 8. The Bertz CT molecular complexity index is 1550. The lowest BCUT2D eigenvalue weighted by atomic mass is 10.0. The lowest BCUT2D eigenvalue weighted by Gasteiger charge is -2.30. The van der Waals surface area contributed by atoms with Gasteiger partial charge >= 0.3 is 6.09 Å². The molecule has 0 spiro atoms. The minimum atomic E-state index is -0.657. The van der Waals surface area contributed by atoms with E-state index in [9.17, 15) is 9.59 Å². The lowest BCUT2D eigenvalue weighted by molar-refractivity contribution is -0.135. The zero-order valence-electron chi connectivity index (χ0n) is 24.9. The number of hydrogen-bond acceptors (Lipinski definition) is 6. The number of H-pyrrole nitrogens is 2. The number of methoxy groups -OCH3 is 1. The average molecular weight is 582 g/mol. The van der Waals surface area contributed by atoms with Crippen molar-refractivity contribution in [3.05, 3.63) is 72.6 Å². The fraction of sp³-hybridized carbons (Fsp3) is 0.394. The SMILES string of the molecule is COC(=O)NC(C(=O)N1CCC[C@@H]1c1ncc(-c2ccc(-c3ccc(-c4cnc([C@@H]5CCCN5)[nH]4)cc3)cc2)[nH]1)C(C)C. The fourth-order valence-electron chi connectivity index (χ4n) is 6.11. The number of benzene rings is 2. The van der Waals surface area contributed by atoms with Gasteiger partial charge in [-0.05, 0) is 60.4 Å². The van der Waals surface area contributed by atoms with E-state index < -0.39 is 12.1 Å². The molecule has 2 fully saturated rings. The Kier molecular flexibility index (Phi) is 8.29. The van der Waals surface area contributed by atoms with Gasteiger partial charge in [-0.25, -0.2) is 14.8 Å². The Morgan fingerprint density at radius 1 is 0.860 bits per heavy atom. The van der Waals surface area contributed by atoms with Crippen molar-refractivity contribution in [2.45, 2.75) is 57.7 Å². The second-order valence-corrected chi connectivity index (χ2v) is 11.7. The van der Waals surface area contributed by atoms with E-state index in [-0.39, 0.29) is 17.9 Å². The third-order valence-corrected chi connectivity index (χ3v) is 8.55. The van der Waals surface area contributed by atoms with Crippen LogP contribution in [0.4, 0.5) is 4.79 Å². The van der Waals surface area contributed by atoms with Gasteiger partial charge in [-0.2, -0.15) is 0 Å². The maximum Gasteiger partial charge on any atom is 0.407 e. The van der Waals surface area contributed by atoms with Gasteiger partial charge in [-0.15, -0.1) is 0 Å². The van der Waals surface area contributed by atoms with Gasteiger partial charge in [0.25, 0.3) is 0 Å². The summed E-state index contributed by atoms with van der Waals surface area (Å²) in [5.74, 6) is 1.57. The normalized spacial score (nSPS) is 19.1. The Hall–Kier alpha value is -4.44. The predicted octanol–water partition coefficient (Wildman–Crippen LogP) is 5.60. The second kappa shape index (κ2) is 12.4. The van der Waals surface area contributed by atoms with Gasteiger partial charge < -0.3 is 30.2 Å². The number of nitrogens with one attached hydrogen (secondary N) is 4. The van der Waals surface area contributed by atoms with E-state index in [0.29, 0.717) is 12.6 Å². The monoisotopic (exact) mass is 581 g/mol. The first-order valence-corrected chi connectivity index (χ1v) is 15.1. The van der Waals surface area contributed by atoms with Crippen molar-refractivity contribution >= 4 is 12.0 Å². The number of ether oxygens (including phenoxy) is 1. The first kappa shape index (κ1) is 28.7. The number of carbonyl (C=O) groups is 2.